The fourth-order valence-electron chi connectivity index (χ4n) is 0.331. The maximum atomic E-state index is 7.96. The van der Waals surface area contributed by atoms with Crippen LogP contribution in [-0.2, 0) is 4.84 Å². The average Bonchev–Trinajstić information content (AvgIpc) is 1.72. The molecule has 0 aromatic rings. The average molecular weight is 102 g/mol. The molecular weight excluding hydrogens is 92.1 g/mol. The van der Waals surface area contributed by atoms with Crippen LogP contribution >= 0.6 is 0 Å². The van der Waals surface area contributed by atoms with Gasteiger partial charge in [-0.2, -0.15) is 0 Å². The fraction of sp³-hybridized carbons (Fsp3) is 1.00. The van der Waals surface area contributed by atoms with Crippen LogP contribution in [-0.4, -0.2) is 13.3 Å². The summed E-state index contributed by atoms with van der Waals surface area (Å²) in [5.74, 6) is 7.96. The monoisotopic (exact) mass is 102 g/mol. The second kappa shape index (κ2) is 4.05. The summed E-state index contributed by atoms with van der Waals surface area (Å²) in [4.78, 5) is 3.94. The van der Waals surface area contributed by atoms with Crippen molar-refractivity contribution < 1.29 is 4.84 Å². The molecule has 0 rings (SSSR count). The molecule has 0 heterocycles. The number of hydrogen-bond acceptors (Lipinski definition) is 2. The largest absolute Gasteiger partial charge is 0.293 e. The van der Waals surface area contributed by atoms with Gasteiger partial charge in [-0.15, -0.1) is 0 Å². The first-order valence-corrected chi connectivity index (χ1v) is 2.32. The highest BCUT2D eigenvalue weighted by atomic mass is 16.6. The lowest BCUT2D eigenvalue weighted by Crippen LogP contribution is -2.26. The Kier molecular flexibility index (Phi) is 3.98. The van der Waals surface area contributed by atoms with Gasteiger partial charge >= 0.3 is 0 Å². The van der Waals surface area contributed by atoms with Crippen molar-refractivity contribution in [3.05, 3.63) is 0 Å². The third-order valence-electron chi connectivity index (χ3n) is 0.820. The molecule has 1 atom stereocenters. The molecule has 0 saturated heterocycles. The van der Waals surface area contributed by atoms with Gasteiger partial charge in [-0.25, -0.2) is 4.84 Å². The van der Waals surface area contributed by atoms with Gasteiger partial charge in [0.1, 0.15) is 6.23 Å². The number of rotatable bonds is 3. The van der Waals surface area contributed by atoms with E-state index in [-0.39, 0.29) is 6.23 Å². The zero-order valence-corrected chi connectivity index (χ0v) is 4.64. The Morgan fingerprint density at radius 3 is 2.43 bits per heavy atom. The topological polar surface area (TPSA) is 43.6 Å². The highest BCUT2D eigenvalue weighted by molar-refractivity contribution is 4.41. The first kappa shape index (κ1) is 6.88. The van der Waals surface area contributed by atoms with Crippen molar-refractivity contribution >= 4 is 0 Å². The molecule has 0 aliphatic rings. The van der Waals surface area contributed by atoms with Crippen LogP contribution in [0.4, 0.5) is 0 Å². The molecule has 42 valence electrons. The molecule has 1 unspecified atom stereocenters. The van der Waals surface area contributed by atoms with Crippen molar-refractivity contribution in [2.24, 2.45) is 0 Å². The molecule has 0 bridgehead atoms. The van der Waals surface area contributed by atoms with Crippen LogP contribution in [0.5, 0.6) is 0 Å². The minimum Gasteiger partial charge on any atom is -0.293 e. The predicted molar refractivity (Wildman–Crippen MR) is 26.4 cm³/mol. The van der Waals surface area contributed by atoms with Gasteiger partial charge in [-0.05, 0) is 13.5 Å². The zero-order valence-electron chi connectivity index (χ0n) is 4.64. The minimum absolute atomic E-state index is 0.208. The first-order chi connectivity index (χ1) is 3.35. The highest BCUT2D eigenvalue weighted by Gasteiger charge is 1.97. The lowest BCUT2D eigenvalue weighted by Gasteiger charge is -2.05. The van der Waals surface area contributed by atoms with E-state index in [1.807, 2.05) is 6.92 Å². The highest BCUT2D eigenvalue weighted by Crippen LogP contribution is 1.85. The third-order valence-corrected chi connectivity index (χ3v) is 0.820. The van der Waals surface area contributed by atoms with Crippen LogP contribution < -0.4 is 11.2 Å². The fourth-order valence-corrected chi connectivity index (χ4v) is 0.331. The summed E-state index contributed by atoms with van der Waals surface area (Å²) in [5.41, 5.74) is 0. The van der Waals surface area contributed by atoms with Crippen molar-refractivity contribution in [3.63, 3.8) is 0 Å². The molecular formula is C4H10N2O. The van der Waals surface area contributed by atoms with Crippen molar-refractivity contribution in [2.75, 3.05) is 7.05 Å². The quantitative estimate of drug-likeness (QED) is 0.401. The summed E-state index contributed by atoms with van der Waals surface area (Å²) in [6, 6.07) is 0. The standard InChI is InChI=1S/C4H10N2O/c1-3-4(6-2)7-5/h4,6H,3H2,1-2H3. The van der Waals surface area contributed by atoms with E-state index in [1.165, 1.54) is 0 Å². The van der Waals surface area contributed by atoms with Gasteiger partial charge < -0.3 is 0 Å². The van der Waals surface area contributed by atoms with E-state index in [0.29, 0.717) is 0 Å². The Balaban J connectivity index is 2.99. The maximum absolute atomic E-state index is 7.96. The van der Waals surface area contributed by atoms with Crippen LogP contribution in [0.1, 0.15) is 13.3 Å². The molecule has 2 radical (unpaired) electrons. The van der Waals surface area contributed by atoms with Crippen LogP contribution in [0.2, 0.25) is 0 Å². The molecule has 0 aromatic carbocycles. The summed E-state index contributed by atoms with van der Waals surface area (Å²) in [6.07, 6.45) is 0.562. The van der Waals surface area contributed by atoms with E-state index >= 15 is 0 Å². The van der Waals surface area contributed by atoms with Crippen LogP contribution in [0.15, 0.2) is 0 Å². The SMILES string of the molecule is CCC(NC)O[N]. The van der Waals surface area contributed by atoms with Gasteiger partial charge in [0.05, 0.1) is 0 Å². The Labute approximate surface area is 43.8 Å². The second-order valence-electron chi connectivity index (χ2n) is 1.29. The predicted octanol–water partition coefficient (Wildman–Crippen LogP) is -0.0578. The summed E-state index contributed by atoms with van der Waals surface area (Å²) >= 11 is 0. The molecule has 0 aromatic heterocycles. The molecule has 3 heteroatoms. The number of nitrogens with zero attached hydrogens (tertiary/aromatic N) is 1. The molecule has 0 amide bonds. The lowest BCUT2D eigenvalue weighted by atomic mass is 10.4. The van der Waals surface area contributed by atoms with Crippen LogP contribution in [0.3, 0.4) is 0 Å². The minimum atomic E-state index is -0.208. The van der Waals surface area contributed by atoms with Gasteiger partial charge in [-0.1, -0.05) is 6.92 Å². The zero-order chi connectivity index (χ0) is 5.70. The van der Waals surface area contributed by atoms with Gasteiger partial charge in [0, 0.05) is 5.90 Å². The lowest BCUT2D eigenvalue weighted by molar-refractivity contribution is 0.0171. The second-order valence-corrected chi connectivity index (χ2v) is 1.29. The molecule has 0 saturated carbocycles. The van der Waals surface area contributed by atoms with Crippen LogP contribution in [0.25, 0.3) is 0 Å². The van der Waals surface area contributed by atoms with Crippen molar-refractivity contribution in [1.82, 2.24) is 11.2 Å². The normalized spacial score (nSPS) is 14.1. The molecule has 0 aliphatic carbocycles. The van der Waals surface area contributed by atoms with Gasteiger partial charge in [0.25, 0.3) is 0 Å². The van der Waals surface area contributed by atoms with E-state index in [1.54, 1.807) is 7.05 Å². The van der Waals surface area contributed by atoms with E-state index < -0.39 is 0 Å². The molecule has 0 spiro atoms. The Morgan fingerprint density at radius 1 is 1.86 bits per heavy atom. The van der Waals surface area contributed by atoms with Crippen LogP contribution in [0, 0.1) is 0 Å². The summed E-state index contributed by atoms with van der Waals surface area (Å²) in [7, 11) is 1.73. The Bertz CT molecular complexity index is 31.2. The Morgan fingerprint density at radius 2 is 2.43 bits per heavy atom. The maximum Gasteiger partial charge on any atom is 0.132 e. The van der Waals surface area contributed by atoms with Crippen molar-refractivity contribution in [3.8, 4) is 0 Å². The van der Waals surface area contributed by atoms with Gasteiger partial charge in [-0.3, -0.25) is 5.32 Å². The van der Waals surface area contributed by atoms with Gasteiger partial charge in [0.15, 0.2) is 0 Å². The Hall–Kier alpha value is -0.120. The molecule has 0 aliphatic heterocycles. The summed E-state index contributed by atoms with van der Waals surface area (Å²) < 4.78 is 0. The van der Waals surface area contributed by atoms with Gasteiger partial charge in [0.2, 0.25) is 0 Å². The number of hydrogen-bond donors (Lipinski definition) is 1. The third kappa shape index (κ3) is 2.56. The van der Waals surface area contributed by atoms with Crippen molar-refractivity contribution in [2.45, 2.75) is 19.6 Å². The smallest absolute Gasteiger partial charge is 0.132 e. The molecule has 1 N–H and O–H groups in total. The summed E-state index contributed by atoms with van der Waals surface area (Å²) in [6.45, 7) is 1.91. The number of nitrogens with one attached hydrogen (secondary N) is 1. The molecule has 7 heavy (non-hydrogen) atoms. The summed E-state index contributed by atoms with van der Waals surface area (Å²) in [5, 5.41) is 2.73. The molecule has 3 nitrogen and oxygen atoms in total. The first-order valence-electron chi connectivity index (χ1n) is 2.32. The van der Waals surface area contributed by atoms with E-state index in [2.05, 4.69) is 10.2 Å². The van der Waals surface area contributed by atoms with E-state index in [0.717, 1.165) is 6.42 Å². The van der Waals surface area contributed by atoms with Crippen molar-refractivity contribution in [1.29, 1.82) is 0 Å². The molecule has 0 fully saturated rings. The van der Waals surface area contributed by atoms with E-state index in [4.69, 9.17) is 5.90 Å². The van der Waals surface area contributed by atoms with E-state index in [9.17, 15) is 0 Å².